The maximum absolute atomic E-state index is 6.29. The van der Waals surface area contributed by atoms with E-state index in [-0.39, 0.29) is 5.38 Å². The molecule has 0 spiro atoms. The van der Waals surface area contributed by atoms with Gasteiger partial charge in [-0.3, -0.25) is 4.98 Å². The normalized spacial score (nSPS) is 20.5. The van der Waals surface area contributed by atoms with Gasteiger partial charge in [0.05, 0.1) is 10.9 Å². The second-order valence-corrected chi connectivity index (χ2v) is 5.43. The van der Waals surface area contributed by atoms with Gasteiger partial charge < -0.3 is 0 Å². The lowest BCUT2D eigenvalue weighted by molar-refractivity contribution is 0.724. The average molecular weight is 258 g/mol. The molecular formula is C16H16ClN. The van der Waals surface area contributed by atoms with Crippen LogP contribution in [0.2, 0.25) is 0 Å². The van der Waals surface area contributed by atoms with E-state index >= 15 is 0 Å². The van der Waals surface area contributed by atoms with Crippen LogP contribution in [0.4, 0.5) is 0 Å². The number of aromatic nitrogens is 1. The molecular weight excluding hydrogens is 242 g/mol. The Morgan fingerprint density at radius 2 is 2.06 bits per heavy atom. The highest BCUT2D eigenvalue weighted by atomic mass is 35.5. The van der Waals surface area contributed by atoms with Crippen LogP contribution in [0.5, 0.6) is 0 Å². The van der Waals surface area contributed by atoms with Crippen molar-refractivity contribution in [2.24, 2.45) is 0 Å². The number of fused-ring (bicyclic) bond motifs is 1. The zero-order chi connectivity index (χ0) is 12.4. The smallest absolute Gasteiger partial charge is 0.0702 e. The number of benzene rings is 1. The fraction of sp³-hybridized carbons (Fsp3) is 0.312. The van der Waals surface area contributed by atoms with Crippen LogP contribution in [0.25, 0.3) is 16.5 Å². The van der Waals surface area contributed by atoms with Gasteiger partial charge in [-0.25, -0.2) is 0 Å². The molecule has 0 saturated carbocycles. The lowest BCUT2D eigenvalue weighted by Gasteiger charge is -2.07. The van der Waals surface area contributed by atoms with Gasteiger partial charge in [-0.1, -0.05) is 30.7 Å². The molecule has 3 rings (SSSR count). The molecule has 1 aromatic carbocycles. The Hall–Kier alpha value is -1.34. The van der Waals surface area contributed by atoms with Gasteiger partial charge in [0.2, 0.25) is 0 Å². The van der Waals surface area contributed by atoms with Gasteiger partial charge in [0.25, 0.3) is 0 Å². The van der Waals surface area contributed by atoms with Crippen molar-refractivity contribution in [3.05, 3.63) is 48.2 Å². The van der Waals surface area contributed by atoms with Gasteiger partial charge in [0, 0.05) is 11.6 Å². The summed E-state index contributed by atoms with van der Waals surface area (Å²) in [5, 5.41) is 1.38. The van der Waals surface area contributed by atoms with Gasteiger partial charge >= 0.3 is 0 Å². The van der Waals surface area contributed by atoms with Crippen LogP contribution >= 0.6 is 11.6 Å². The predicted octanol–water partition coefficient (Wildman–Crippen LogP) is 4.80. The highest BCUT2D eigenvalue weighted by Crippen LogP contribution is 2.29. The third-order valence-electron chi connectivity index (χ3n) is 3.52. The first-order valence-electron chi connectivity index (χ1n) is 6.53. The van der Waals surface area contributed by atoms with E-state index in [1.165, 1.54) is 29.4 Å². The zero-order valence-electron chi connectivity index (χ0n) is 10.3. The number of pyridine rings is 1. The summed E-state index contributed by atoms with van der Waals surface area (Å²) in [6.07, 6.45) is 8.83. The molecule has 1 aromatic heterocycles. The molecule has 1 aliphatic rings. The van der Waals surface area contributed by atoms with Crippen molar-refractivity contribution >= 4 is 28.1 Å². The molecule has 0 saturated heterocycles. The topological polar surface area (TPSA) is 12.9 Å². The number of halogens is 1. The van der Waals surface area contributed by atoms with Crippen LogP contribution in [0.15, 0.2) is 42.6 Å². The van der Waals surface area contributed by atoms with Crippen molar-refractivity contribution in [3.63, 3.8) is 0 Å². The van der Waals surface area contributed by atoms with E-state index in [1.54, 1.807) is 0 Å². The van der Waals surface area contributed by atoms with Gasteiger partial charge in [-0.05, 0) is 42.5 Å². The largest absolute Gasteiger partial charge is 0.256 e. The Morgan fingerprint density at radius 3 is 3.00 bits per heavy atom. The minimum atomic E-state index is 0.175. The molecule has 2 heteroatoms. The van der Waals surface area contributed by atoms with E-state index in [0.717, 1.165) is 18.4 Å². The number of rotatable bonds is 1. The van der Waals surface area contributed by atoms with Gasteiger partial charge in [0.15, 0.2) is 0 Å². The van der Waals surface area contributed by atoms with Gasteiger partial charge in [-0.15, -0.1) is 11.6 Å². The maximum atomic E-state index is 6.29. The van der Waals surface area contributed by atoms with Crippen LogP contribution in [-0.4, -0.2) is 10.4 Å². The van der Waals surface area contributed by atoms with Crippen molar-refractivity contribution in [1.29, 1.82) is 0 Å². The fourth-order valence-corrected chi connectivity index (χ4v) is 2.83. The minimum absolute atomic E-state index is 0.175. The quantitative estimate of drug-likeness (QED) is 0.669. The van der Waals surface area contributed by atoms with Crippen molar-refractivity contribution in [2.45, 2.75) is 31.1 Å². The van der Waals surface area contributed by atoms with Crippen molar-refractivity contribution in [1.82, 2.24) is 4.98 Å². The molecule has 1 aliphatic carbocycles. The average Bonchev–Trinajstić information content (AvgIpc) is 2.63. The molecule has 1 atom stereocenters. The highest BCUT2D eigenvalue weighted by molar-refractivity contribution is 6.22. The number of alkyl halides is 1. The third-order valence-corrected chi connectivity index (χ3v) is 3.86. The lowest BCUT2D eigenvalue weighted by atomic mass is 10.0. The second-order valence-electron chi connectivity index (χ2n) is 4.87. The molecule has 0 fully saturated rings. The van der Waals surface area contributed by atoms with Crippen LogP contribution < -0.4 is 0 Å². The second kappa shape index (κ2) is 5.11. The summed E-state index contributed by atoms with van der Waals surface area (Å²) in [5.41, 5.74) is 3.63. The van der Waals surface area contributed by atoms with Crippen molar-refractivity contribution in [3.8, 4) is 0 Å². The first-order chi connectivity index (χ1) is 8.83. The number of hydrogen-bond acceptors (Lipinski definition) is 1. The lowest BCUT2D eigenvalue weighted by Crippen LogP contribution is -1.92. The summed E-state index contributed by atoms with van der Waals surface area (Å²) in [5.74, 6) is 0. The number of hydrogen-bond donors (Lipinski definition) is 0. The molecule has 1 nitrogen and oxygen atoms in total. The summed E-state index contributed by atoms with van der Waals surface area (Å²) >= 11 is 6.29. The van der Waals surface area contributed by atoms with Crippen LogP contribution in [0.1, 0.15) is 31.2 Å². The summed E-state index contributed by atoms with van der Waals surface area (Å²) < 4.78 is 0. The molecule has 92 valence electrons. The maximum Gasteiger partial charge on any atom is 0.0702 e. The first-order valence-corrected chi connectivity index (χ1v) is 6.96. The number of nitrogens with zero attached hydrogens (tertiary/aromatic N) is 1. The fourth-order valence-electron chi connectivity index (χ4n) is 2.53. The summed E-state index contributed by atoms with van der Waals surface area (Å²) in [6.45, 7) is 0. The standard InChI is InChI=1S/C16H16ClN/c17-15-7-3-1-5-12(10-15)14-9-13-6-2-4-8-16(13)18-11-14/h2,4,6,8-11,15H,1,3,5,7H2. The minimum Gasteiger partial charge on any atom is -0.256 e. The van der Waals surface area contributed by atoms with Crippen molar-refractivity contribution < 1.29 is 0 Å². The molecule has 18 heavy (non-hydrogen) atoms. The summed E-state index contributed by atoms with van der Waals surface area (Å²) in [6, 6.07) is 10.5. The van der Waals surface area contributed by atoms with Crippen LogP contribution in [-0.2, 0) is 0 Å². The molecule has 0 radical (unpaired) electrons. The molecule has 0 bridgehead atoms. The molecule has 0 N–H and O–H groups in total. The Morgan fingerprint density at radius 1 is 1.17 bits per heavy atom. The molecule has 1 unspecified atom stereocenters. The van der Waals surface area contributed by atoms with Gasteiger partial charge in [0.1, 0.15) is 0 Å². The van der Waals surface area contributed by atoms with Crippen LogP contribution in [0.3, 0.4) is 0 Å². The number of allylic oxidation sites excluding steroid dienone is 2. The Balaban J connectivity index is 2.03. The van der Waals surface area contributed by atoms with E-state index in [0.29, 0.717) is 0 Å². The van der Waals surface area contributed by atoms with E-state index in [4.69, 9.17) is 11.6 Å². The summed E-state index contributed by atoms with van der Waals surface area (Å²) in [4.78, 5) is 4.53. The van der Waals surface area contributed by atoms with Gasteiger partial charge in [-0.2, -0.15) is 0 Å². The molecule has 1 heterocycles. The van der Waals surface area contributed by atoms with E-state index in [2.05, 4.69) is 29.3 Å². The molecule has 0 aliphatic heterocycles. The molecule has 0 amide bonds. The SMILES string of the molecule is ClC1C=C(c2cnc3ccccc3c2)CCCC1. The third kappa shape index (κ3) is 2.41. The van der Waals surface area contributed by atoms with Crippen LogP contribution in [0, 0.1) is 0 Å². The Bertz CT molecular complexity index is 588. The highest BCUT2D eigenvalue weighted by Gasteiger charge is 2.11. The van der Waals surface area contributed by atoms with E-state index < -0.39 is 0 Å². The zero-order valence-corrected chi connectivity index (χ0v) is 11.0. The van der Waals surface area contributed by atoms with E-state index in [9.17, 15) is 0 Å². The summed E-state index contributed by atoms with van der Waals surface area (Å²) in [7, 11) is 0. The molecule has 2 aromatic rings. The monoisotopic (exact) mass is 257 g/mol. The van der Waals surface area contributed by atoms with E-state index in [1.807, 2.05) is 18.3 Å². The first kappa shape index (κ1) is 11.7. The van der Waals surface area contributed by atoms with Crippen molar-refractivity contribution in [2.75, 3.05) is 0 Å². The number of para-hydroxylation sites is 1. The Labute approximate surface area is 112 Å². The Kier molecular flexibility index (Phi) is 3.33. The predicted molar refractivity (Wildman–Crippen MR) is 77.8 cm³/mol.